The summed E-state index contributed by atoms with van der Waals surface area (Å²) in [5.74, 6) is 0. The number of nitrogens with one attached hydrogen (secondary N) is 1. The van der Waals surface area contributed by atoms with Crippen molar-refractivity contribution in [3.05, 3.63) is 39.9 Å². The largest absolute Gasteiger partial charge is 0.401 e. The smallest absolute Gasteiger partial charge is 0.318 e. The molecule has 8 heteroatoms. The fraction of sp³-hybridized carbons (Fsp3) is 0.500. The Kier molecular flexibility index (Phi) is 5.90. The highest BCUT2D eigenvalue weighted by Crippen LogP contribution is 2.19. The topological polar surface area (TPSA) is 58.4 Å². The average molecular weight is 291 g/mol. The Labute approximate surface area is 114 Å². The number of hydrogen-bond acceptors (Lipinski definition) is 4. The summed E-state index contributed by atoms with van der Waals surface area (Å²) >= 11 is 0. The van der Waals surface area contributed by atoms with E-state index in [1.54, 1.807) is 7.05 Å². The molecular formula is C12H16F3N3O2. The van der Waals surface area contributed by atoms with Crippen molar-refractivity contribution in [1.29, 1.82) is 0 Å². The summed E-state index contributed by atoms with van der Waals surface area (Å²) in [6.07, 6.45) is -4.27. The number of benzene rings is 1. The zero-order chi connectivity index (χ0) is 15.2. The number of alkyl halides is 3. The van der Waals surface area contributed by atoms with Crippen LogP contribution >= 0.6 is 0 Å². The minimum Gasteiger partial charge on any atom is -0.318 e. The van der Waals surface area contributed by atoms with Crippen LogP contribution in [0, 0.1) is 10.1 Å². The molecular weight excluding hydrogens is 275 g/mol. The predicted molar refractivity (Wildman–Crippen MR) is 68.4 cm³/mol. The van der Waals surface area contributed by atoms with E-state index in [1.165, 1.54) is 29.2 Å². The number of halogens is 3. The van der Waals surface area contributed by atoms with Crippen molar-refractivity contribution in [3.8, 4) is 0 Å². The predicted octanol–water partition coefficient (Wildman–Crippen LogP) is 2.18. The van der Waals surface area contributed by atoms with Crippen molar-refractivity contribution in [2.45, 2.75) is 12.7 Å². The Morgan fingerprint density at radius 1 is 1.30 bits per heavy atom. The highest BCUT2D eigenvalue weighted by molar-refractivity contribution is 5.32. The van der Waals surface area contributed by atoms with Crippen LogP contribution in [0.4, 0.5) is 18.9 Å². The van der Waals surface area contributed by atoms with Crippen LogP contribution in [0.3, 0.4) is 0 Å². The molecule has 0 atom stereocenters. The molecule has 0 unspecified atom stereocenters. The first kappa shape index (κ1) is 16.4. The maximum absolute atomic E-state index is 12.5. The number of nitro groups is 1. The molecule has 20 heavy (non-hydrogen) atoms. The van der Waals surface area contributed by atoms with Gasteiger partial charge < -0.3 is 5.32 Å². The second-order valence-corrected chi connectivity index (χ2v) is 4.35. The molecule has 0 amide bonds. The van der Waals surface area contributed by atoms with Crippen LogP contribution in [0.25, 0.3) is 0 Å². The van der Waals surface area contributed by atoms with Gasteiger partial charge in [0, 0.05) is 31.8 Å². The van der Waals surface area contributed by atoms with Crippen LogP contribution in [-0.4, -0.2) is 42.7 Å². The first-order valence-corrected chi connectivity index (χ1v) is 5.99. The van der Waals surface area contributed by atoms with E-state index in [1.807, 2.05) is 0 Å². The van der Waals surface area contributed by atoms with Crippen molar-refractivity contribution < 1.29 is 18.1 Å². The van der Waals surface area contributed by atoms with Crippen LogP contribution in [-0.2, 0) is 6.54 Å². The molecule has 0 aliphatic rings. The van der Waals surface area contributed by atoms with Crippen molar-refractivity contribution >= 4 is 5.69 Å². The fourth-order valence-corrected chi connectivity index (χ4v) is 1.72. The summed E-state index contributed by atoms with van der Waals surface area (Å²) in [7, 11) is 1.66. The highest BCUT2D eigenvalue weighted by atomic mass is 19.4. The number of likely N-dealkylation sites (N-methyl/N-ethyl adjacent to an activating group) is 1. The summed E-state index contributed by atoms with van der Waals surface area (Å²) in [6, 6.07) is 5.53. The van der Waals surface area contributed by atoms with Gasteiger partial charge in [0.25, 0.3) is 5.69 Å². The molecule has 1 N–H and O–H groups in total. The molecule has 0 heterocycles. The van der Waals surface area contributed by atoms with Crippen LogP contribution < -0.4 is 5.32 Å². The molecule has 1 aromatic rings. The minimum atomic E-state index is -4.27. The molecule has 0 saturated heterocycles. The lowest BCUT2D eigenvalue weighted by Gasteiger charge is -2.23. The number of non-ortho nitro benzene ring substituents is 1. The second kappa shape index (κ2) is 7.20. The van der Waals surface area contributed by atoms with Gasteiger partial charge in [-0.05, 0) is 12.6 Å². The first-order valence-electron chi connectivity index (χ1n) is 5.99. The van der Waals surface area contributed by atoms with Crippen molar-refractivity contribution in [3.63, 3.8) is 0 Å². The van der Waals surface area contributed by atoms with E-state index in [9.17, 15) is 23.3 Å². The van der Waals surface area contributed by atoms with E-state index < -0.39 is 17.6 Å². The summed E-state index contributed by atoms with van der Waals surface area (Å²) in [4.78, 5) is 11.2. The standard InChI is InChI=1S/C12H16F3N3O2/c1-16-6-7-17(9-12(13,14)15)8-10-2-4-11(5-3-10)18(19)20/h2-5,16H,6-9H2,1H3. The Morgan fingerprint density at radius 3 is 2.35 bits per heavy atom. The van der Waals surface area contributed by atoms with E-state index in [-0.39, 0.29) is 18.8 Å². The maximum Gasteiger partial charge on any atom is 0.401 e. The second-order valence-electron chi connectivity index (χ2n) is 4.35. The molecule has 0 aliphatic heterocycles. The van der Waals surface area contributed by atoms with Gasteiger partial charge in [0.05, 0.1) is 11.5 Å². The molecule has 0 spiro atoms. The van der Waals surface area contributed by atoms with Gasteiger partial charge >= 0.3 is 6.18 Å². The Bertz CT molecular complexity index is 435. The zero-order valence-electron chi connectivity index (χ0n) is 11.0. The SMILES string of the molecule is CNCCN(Cc1ccc([N+](=O)[O-])cc1)CC(F)(F)F. The molecule has 0 fully saturated rings. The zero-order valence-corrected chi connectivity index (χ0v) is 11.0. The monoisotopic (exact) mass is 291 g/mol. The lowest BCUT2D eigenvalue weighted by atomic mass is 10.2. The van der Waals surface area contributed by atoms with Gasteiger partial charge in [0.1, 0.15) is 0 Å². The van der Waals surface area contributed by atoms with Gasteiger partial charge in [-0.1, -0.05) is 12.1 Å². The van der Waals surface area contributed by atoms with Crippen molar-refractivity contribution in [1.82, 2.24) is 10.2 Å². The van der Waals surface area contributed by atoms with E-state index in [0.29, 0.717) is 12.1 Å². The molecule has 0 saturated carbocycles. The lowest BCUT2D eigenvalue weighted by Crippen LogP contribution is -2.37. The first-order chi connectivity index (χ1) is 9.31. The summed E-state index contributed by atoms with van der Waals surface area (Å²) in [6.45, 7) is -0.235. The van der Waals surface area contributed by atoms with E-state index in [0.717, 1.165) is 0 Å². The van der Waals surface area contributed by atoms with Gasteiger partial charge in [0.2, 0.25) is 0 Å². The van der Waals surface area contributed by atoms with Crippen LogP contribution in [0.2, 0.25) is 0 Å². The summed E-state index contributed by atoms with van der Waals surface area (Å²) in [5, 5.41) is 13.3. The maximum atomic E-state index is 12.5. The highest BCUT2D eigenvalue weighted by Gasteiger charge is 2.30. The van der Waals surface area contributed by atoms with Gasteiger partial charge in [-0.15, -0.1) is 0 Å². The van der Waals surface area contributed by atoms with Gasteiger partial charge in [-0.25, -0.2) is 0 Å². The molecule has 1 aromatic carbocycles. The molecule has 1 rings (SSSR count). The summed E-state index contributed by atoms with van der Waals surface area (Å²) < 4.78 is 37.4. The third-order valence-corrected chi connectivity index (χ3v) is 2.63. The molecule has 5 nitrogen and oxygen atoms in total. The molecule has 0 aromatic heterocycles. The van der Waals surface area contributed by atoms with Crippen LogP contribution in [0.5, 0.6) is 0 Å². The normalized spacial score (nSPS) is 11.8. The molecule has 112 valence electrons. The summed E-state index contributed by atoms with van der Waals surface area (Å²) in [5.41, 5.74) is 0.530. The molecule has 0 radical (unpaired) electrons. The van der Waals surface area contributed by atoms with Gasteiger partial charge in [-0.3, -0.25) is 15.0 Å². The molecule has 0 bridgehead atoms. The number of nitrogens with zero attached hydrogens (tertiary/aromatic N) is 2. The average Bonchev–Trinajstić information content (AvgIpc) is 2.35. The molecule has 0 aliphatic carbocycles. The van der Waals surface area contributed by atoms with E-state index >= 15 is 0 Å². The van der Waals surface area contributed by atoms with Crippen molar-refractivity contribution in [2.24, 2.45) is 0 Å². The van der Waals surface area contributed by atoms with Crippen LogP contribution in [0.15, 0.2) is 24.3 Å². The fourth-order valence-electron chi connectivity index (χ4n) is 1.72. The van der Waals surface area contributed by atoms with E-state index in [4.69, 9.17) is 0 Å². The Morgan fingerprint density at radius 2 is 1.90 bits per heavy atom. The van der Waals surface area contributed by atoms with E-state index in [2.05, 4.69) is 5.32 Å². The number of nitro benzene ring substituents is 1. The lowest BCUT2D eigenvalue weighted by molar-refractivity contribution is -0.384. The third kappa shape index (κ3) is 5.98. The van der Waals surface area contributed by atoms with Gasteiger partial charge in [-0.2, -0.15) is 13.2 Å². The number of hydrogen-bond donors (Lipinski definition) is 1. The Balaban J connectivity index is 2.70. The Hall–Kier alpha value is -1.67. The quantitative estimate of drug-likeness (QED) is 0.618. The number of rotatable bonds is 7. The third-order valence-electron chi connectivity index (χ3n) is 2.63. The van der Waals surface area contributed by atoms with Crippen LogP contribution in [0.1, 0.15) is 5.56 Å². The van der Waals surface area contributed by atoms with Crippen molar-refractivity contribution in [2.75, 3.05) is 26.7 Å². The minimum absolute atomic E-state index is 0.0775. The van der Waals surface area contributed by atoms with Gasteiger partial charge in [0.15, 0.2) is 0 Å².